The van der Waals surface area contributed by atoms with E-state index in [-0.39, 0.29) is 0 Å². The molecule has 0 atom stereocenters. The van der Waals surface area contributed by atoms with E-state index < -0.39 is 0 Å². The van der Waals surface area contributed by atoms with Crippen LogP contribution in [0.4, 0.5) is 5.69 Å². The van der Waals surface area contributed by atoms with Gasteiger partial charge in [0, 0.05) is 51.5 Å². The summed E-state index contributed by atoms with van der Waals surface area (Å²) in [5, 5.41) is 0. The van der Waals surface area contributed by atoms with Gasteiger partial charge in [-0.1, -0.05) is 12.1 Å². The van der Waals surface area contributed by atoms with Crippen molar-refractivity contribution >= 4 is 11.6 Å². The van der Waals surface area contributed by atoms with Crippen LogP contribution in [0.2, 0.25) is 0 Å². The van der Waals surface area contributed by atoms with Crippen LogP contribution >= 0.6 is 0 Å². The third kappa shape index (κ3) is 3.80. The molecule has 2 aliphatic heterocycles. The zero-order chi connectivity index (χ0) is 15.4. The zero-order valence-electron chi connectivity index (χ0n) is 13.5. The maximum Gasteiger partial charge on any atom is 0.222 e. The summed E-state index contributed by atoms with van der Waals surface area (Å²) in [7, 11) is 0. The Bertz CT molecular complexity index is 504. The molecule has 1 aromatic rings. The fraction of sp³-hybridized carbons (Fsp3) is 0.611. The Labute approximate surface area is 133 Å². The van der Waals surface area contributed by atoms with Crippen molar-refractivity contribution in [1.82, 2.24) is 4.90 Å². The van der Waals surface area contributed by atoms with Gasteiger partial charge in [-0.2, -0.15) is 0 Å². The molecule has 2 heterocycles. The lowest BCUT2D eigenvalue weighted by molar-refractivity contribution is -0.133. The van der Waals surface area contributed by atoms with Crippen molar-refractivity contribution in [3.8, 4) is 0 Å². The van der Waals surface area contributed by atoms with E-state index in [0.29, 0.717) is 18.2 Å². The van der Waals surface area contributed by atoms with E-state index in [9.17, 15) is 4.79 Å². The minimum absolute atomic E-state index is 0.329. The molecule has 2 aliphatic rings. The first-order valence-corrected chi connectivity index (χ1v) is 8.39. The van der Waals surface area contributed by atoms with Gasteiger partial charge in [0.05, 0.1) is 0 Å². The summed E-state index contributed by atoms with van der Waals surface area (Å²) in [6.07, 6.45) is 2.78. The summed E-state index contributed by atoms with van der Waals surface area (Å²) in [6, 6.07) is 8.61. The predicted molar refractivity (Wildman–Crippen MR) is 88.1 cm³/mol. The molecule has 22 heavy (non-hydrogen) atoms. The van der Waals surface area contributed by atoms with Gasteiger partial charge in [0.15, 0.2) is 0 Å². The SMILES string of the molecule is Cc1cccc(N2CCN(C(=O)CC3CCOCC3)CC2)c1. The molecule has 0 bridgehead atoms. The lowest BCUT2D eigenvalue weighted by Gasteiger charge is -2.37. The minimum Gasteiger partial charge on any atom is -0.381 e. The second-order valence-electron chi connectivity index (χ2n) is 6.47. The highest BCUT2D eigenvalue weighted by atomic mass is 16.5. The van der Waals surface area contributed by atoms with Gasteiger partial charge in [-0.3, -0.25) is 4.79 Å². The molecule has 0 aromatic heterocycles. The van der Waals surface area contributed by atoms with E-state index in [1.165, 1.54) is 11.3 Å². The van der Waals surface area contributed by atoms with Crippen molar-refractivity contribution in [2.24, 2.45) is 5.92 Å². The second-order valence-corrected chi connectivity index (χ2v) is 6.47. The van der Waals surface area contributed by atoms with Crippen molar-refractivity contribution < 1.29 is 9.53 Å². The monoisotopic (exact) mass is 302 g/mol. The maximum absolute atomic E-state index is 12.4. The third-order valence-corrected chi connectivity index (χ3v) is 4.80. The molecule has 2 saturated heterocycles. The molecular weight excluding hydrogens is 276 g/mol. The van der Waals surface area contributed by atoms with E-state index in [0.717, 1.165) is 52.2 Å². The first kappa shape index (κ1) is 15.3. The van der Waals surface area contributed by atoms with E-state index in [2.05, 4.69) is 36.1 Å². The third-order valence-electron chi connectivity index (χ3n) is 4.80. The number of aryl methyl sites for hydroxylation is 1. The number of anilines is 1. The Morgan fingerprint density at radius 1 is 1.18 bits per heavy atom. The van der Waals surface area contributed by atoms with Crippen molar-refractivity contribution in [3.63, 3.8) is 0 Å². The molecule has 2 fully saturated rings. The Balaban J connectivity index is 1.49. The highest BCUT2D eigenvalue weighted by molar-refractivity contribution is 5.76. The van der Waals surface area contributed by atoms with Gasteiger partial charge in [-0.15, -0.1) is 0 Å². The predicted octanol–water partition coefficient (Wildman–Crippen LogP) is 2.46. The molecular formula is C18H26N2O2. The van der Waals surface area contributed by atoms with Gasteiger partial charge in [-0.25, -0.2) is 0 Å². The van der Waals surface area contributed by atoms with E-state index in [1.807, 2.05) is 4.90 Å². The largest absolute Gasteiger partial charge is 0.381 e. The standard InChI is InChI=1S/C18H26N2O2/c1-15-3-2-4-17(13-15)19-7-9-20(10-8-19)18(21)14-16-5-11-22-12-6-16/h2-4,13,16H,5-12,14H2,1H3. The summed E-state index contributed by atoms with van der Waals surface area (Å²) in [4.78, 5) is 16.9. The average Bonchev–Trinajstić information content (AvgIpc) is 2.56. The lowest BCUT2D eigenvalue weighted by Crippen LogP contribution is -2.49. The van der Waals surface area contributed by atoms with Gasteiger partial charge in [0.1, 0.15) is 0 Å². The highest BCUT2D eigenvalue weighted by Crippen LogP contribution is 2.21. The Morgan fingerprint density at radius 2 is 1.91 bits per heavy atom. The van der Waals surface area contributed by atoms with Crippen LogP contribution in [0.3, 0.4) is 0 Å². The number of rotatable bonds is 3. The first-order valence-electron chi connectivity index (χ1n) is 8.39. The fourth-order valence-corrected chi connectivity index (χ4v) is 3.37. The number of nitrogens with zero attached hydrogens (tertiary/aromatic N) is 2. The summed E-state index contributed by atoms with van der Waals surface area (Å²) in [5.74, 6) is 0.854. The number of carbonyl (C=O) groups is 1. The molecule has 3 rings (SSSR count). The number of carbonyl (C=O) groups excluding carboxylic acids is 1. The summed E-state index contributed by atoms with van der Waals surface area (Å²) >= 11 is 0. The second kappa shape index (κ2) is 7.14. The summed E-state index contributed by atoms with van der Waals surface area (Å²) in [6.45, 7) is 7.31. The van der Waals surface area contributed by atoms with E-state index in [1.54, 1.807) is 0 Å². The molecule has 0 aliphatic carbocycles. The molecule has 120 valence electrons. The zero-order valence-corrected chi connectivity index (χ0v) is 13.5. The van der Waals surface area contributed by atoms with Crippen molar-refractivity contribution in [3.05, 3.63) is 29.8 Å². The number of amides is 1. The van der Waals surface area contributed by atoms with Crippen molar-refractivity contribution in [2.45, 2.75) is 26.2 Å². The number of hydrogen-bond donors (Lipinski definition) is 0. The van der Waals surface area contributed by atoms with Gasteiger partial charge in [-0.05, 0) is 43.4 Å². The smallest absolute Gasteiger partial charge is 0.222 e. The highest BCUT2D eigenvalue weighted by Gasteiger charge is 2.24. The van der Waals surface area contributed by atoms with Gasteiger partial charge < -0.3 is 14.5 Å². The number of piperazine rings is 1. The number of benzene rings is 1. The molecule has 0 N–H and O–H groups in total. The first-order chi connectivity index (χ1) is 10.7. The molecule has 0 spiro atoms. The maximum atomic E-state index is 12.4. The Hall–Kier alpha value is -1.55. The molecule has 4 heteroatoms. The number of hydrogen-bond acceptors (Lipinski definition) is 3. The van der Waals surface area contributed by atoms with Crippen molar-refractivity contribution in [2.75, 3.05) is 44.3 Å². The van der Waals surface area contributed by atoms with Gasteiger partial charge in [0.25, 0.3) is 0 Å². The van der Waals surface area contributed by atoms with E-state index >= 15 is 0 Å². The van der Waals surface area contributed by atoms with Crippen LogP contribution in [0.1, 0.15) is 24.8 Å². The van der Waals surface area contributed by atoms with Crippen LogP contribution in [0.5, 0.6) is 0 Å². The van der Waals surface area contributed by atoms with Crippen LogP contribution < -0.4 is 4.90 Å². The molecule has 1 amide bonds. The number of ether oxygens (including phenoxy) is 1. The normalized spacial score (nSPS) is 20.2. The average molecular weight is 302 g/mol. The van der Waals surface area contributed by atoms with Crippen molar-refractivity contribution in [1.29, 1.82) is 0 Å². The van der Waals surface area contributed by atoms with Crippen LogP contribution in [0, 0.1) is 12.8 Å². The van der Waals surface area contributed by atoms with Crippen LogP contribution in [0.25, 0.3) is 0 Å². The summed E-state index contributed by atoms with van der Waals surface area (Å²) in [5.41, 5.74) is 2.56. The molecule has 1 aromatic carbocycles. The van der Waals surface area contributed by atoms with E-state index in [4.69, 9.17) is 4.74 Å². The van der Waals surface area contributed by atoms with Crippen LogP contribution in [-0.2, 0) is 9.53 Å². The minimum atomic E-state index is 0.329. The molecule has 0 radical (unpaired) electrons. The molecule has 4 nitrogen and oxygen atoms in total. The Kier molecular flexibility index (Phi) is 4.98. The van der Waals surface area contributed by atoms with Crippen LogP contribution in [-0.4, -0.2) is 50.2 Å². The molecule has 0 saturated carbocycles. The van der Waals surface area contributed by atoms with Crippen LogP contribution in [0.15, 0.2) is 24.3 Å². The summed E-state index contributed by atoms with van der Waals surface area (Å²) < 4.78 is 5.37. The molecule has 0 unspecified atom stereocenters. The quantitative estimate of drug-likeness (QED) is 0.860. The van der Waals surface area contributed by atoms with Gasteiger partial charge in [0.2, 0.25) is 5.91 Å². The Morgan fingerprint density at radius 3 is 2.59 bits per heavy atom. The topological polar surface area (TPSA) is 32.8 Å². The fourth-order valence-electron chi connectivity index (χ4n) is 3.37. The lowest BCUT2D eigenvalue weighted by atomic mass is 9.96. The van der Waals surface area contributed by atoms with Gasteiger partial charge >= 0.3 is 0 Å².